The topological polar surface area (TPSA) is 96.0 Å². The molecule has 3 aromatic rings. The predicted octanol–water partition coefficient (Wildman–Crippen LogP) is 5.72. The van der Waals surface area contributed by atoms with Crippen molar-refractivity contribution in [3.63, 3.8) is 0 Å². The van der Waals surface area contributed by atoms with Crippen LogP contribution < -0.4 is 5.32 Å². The van der Waals surface area contributed by atoms with E-state index in [0.717, 1.165) is 17.7 Å². The number of carbonyl (C=O) groups excluding carboxylic acids is 4. The molecule has 0 unspecified atom stereocenters. The Bertz CT molecular complexity index is 1590. The van der Waals surface area contributed by atoms with Crippen molar-refractivity contribution in [2.45, 2.75) is 49.7 Å². The first-order valence-corrected chi connectivity index (χ1v) is 14.6. The zero-order valence-corrected chi connectivity index (χ0v) is 24.6. The van der Waals surface area contributed by atoms with E-state index in [1.54, 1.807) is 42.5 Å². The van der Waals surface area contributed by atoms with Crippen LogP contribution in [0.15, 0.2) is 90.0 Å². The highest BCUT2D eigenvalue weighted by Crippen LogP contribution is 2.42. The number of nitrogens with one attached hydrogen (secondary N) is 1. The van der Waals surface area contributed by atoms with Crippen LogP contribution in [0.1, 0.15) is 41.1 Å². The summed E-state index contributed by atoms with van der Waals surface area (Å²) in [5.74, 6) is -1.26. The number of aldehydes is 1. The maximum absolute atomic E-state index is 14.0. The van der Waals surface area contributed by atoms with Crippen molar-refractivity contribution in [2.75, 3.05) is 6.61 Å². The van der Waals surface area contributed by atoms with Crippen molar-refractivity contribution in [1.29, 1.82) is 0 Å². The third-order valence-electron chi connectivity index (χ3n) is 7.81. The first-order valence-electron chi connectivity index (χ1n) is 14.2. The summed E-state index contributed by atoms with van der Waals surface area (Å²) in [4.78, 5) is 54.6. The number of benzene rings is 3. The van der Waals surface area contributed by atoms with Gasteiger partial charge < -0.3 is 19.7 Å². The van der Waals surface area contributed by atoms with Gasteiger partial charge in [-0.2, -0.15) is 13.2 Å². The van der Waals surface area contributed by atoms with Gasteiger partial charge in [0.25, 0.3) is 0 Å². The highest BCUT2D eigenvalue weighted by molar-refractivity contribution is 6.33. The van der Waals surface area contributed by atoms with E-state index in [-0.39, 0.29) is 36.6 Å². The summed E-state index contributed by atoms with van der Waals surface area (Å²) in [5, 5.41) is 2.78. The Kier molecular flexibility index (Phi) is 9.57. The molecule has 234 valence electrons. The van der Waals surface area contributed by atoms with Gasteiger partial charge in [0, 0.05) is 18.0 Å². The highest BCUT2D eigenvalue weighted by Gasteiger charge is 2.59. The first-order chi connectivity index (χ1) is 21.6. The minimum Gasteiger partial charge on any atom is -0.447 e. The molecule has 0 aliphatic carbocycles. The predicted molar refractivity (Wildman–Crippen MR) is 159 cm³/mol. The molecule has 5 rings (SSSR count). The fourth-order valence-electron chi connectivity index (χ4n) is 5.65. The number of likely N-dealkylation sites (tertiary alicyclic amines) is 1. The molecular weight excluding hydrogens is 611 g/mol. The number of rotatable bonds is 11. The van der Waals surface area contributed by atoms with Gasteiger partial charge in [-0.1, -0.05) is 84.4 Å². The summed E-state index contributed by atoms with van der Waals surface area (Å²) >= 11 is 6.89. The van der Waals surface area contributed by atoms with E-state index < -0.39 is 53.8 Å². The molecule has 0 saturated carbocycles. The molecule has 2 aliphatic heterocycles. The Morgan fingerprint density at radius 3 is 2.38 bits per heavy atom. The molecule has 4 atom stereocenters. The van der Waals surface area contributed by atoms with Gasteiger partial charge in [-0.15, -0.1) is 0 Å². The van der Waals surface area contributed by atoms with Gasteiger partial charge in [0.15, 0.2) is 0 Å². The lowest BCUT2D eigenvalue weighted by Gasteiger charge is -2.53. The van der Waals surface area contributed by atoms with Crippen LogP contribution in [-0.4, -0.2) is 58.7 Å². The molecule has 2 heterocycles. The number of hydrogen-bond donors (Lipinski definition) is 1. The Balaban J connectivity index is 1.47. The molecule has 2 saturated heterocycles. The lowest BCUT2D eigenvalue weighted by molar-refractivity contribution is -0.163. The monoisotopic (exact) mass is 639 g/mol. The normalized spacial score (nSPS) is 20.8. The molecule has 2 aliphatic rings. The smallest absolute Gasteiger partial charge is 0.416 e. The minimum atomic E-state index is -4.56. The molecule has 3 aromatic carbocycles. The SMILES string of the molecule is O=CCC[C@@H](C(=O)NCc1cccc(C(F)(F)F)c1)N1C(=O)[C@@H](N2C(=O)OC[C@@H]2c2ccccc2)[C@H]1/C(Cl)=C/c1ccccc1. The molecule has 1 N–H and O–H groups in total. The van der Waals surface area contributed by atoms with Crippen LogP contribution in [0.25, 0.3) is 6.08 Å². The molecule has 8 nitrogen and oxygen atoms in total. The summed E-state index contributed by atoms with van der Waals surface area (Å²) in [6.07, 6.45) is -3.19. The number of alkyl halides is 3. The van der Waals surface area contributed by atoms with Gasteiger partial charge in [-0.3, -0.25) is 14.5 Å². The number of ether oxygens (including phenoxy) is 1. The second-order valence-electron chi connectivity index (χ2n) is 10.7. The lowest BCUT2D eigenvalue weighted by Crippen LogP contribution is -2.75. The molecule has 2 fully saturated rings. The molecule has 0 spiro atoms. The summed E-state index contributed by atoms with van der Waals surface area (Å²) in [5.41, 5.74) is 0.788. The van der Waals surface area contributed by atoms with Crippen molar-refractivity contribution in [3.05, 3.63) is 112 Å². The summed E-state index contributed by atoms with van der Waals surface area (Å²) in [6.45, 7) is -0.246. The van der Waals surface area contributed by atoms with Crippen LogP contribution in [0.3, 0.4) is 0 Å². The fourth-order valence-corrected chi connectivity index (χ4v) is 6.00. The summed E-state index contributed by atoms with van der Waals surface area (Å²) < 4.78 is 45.0. The van der Waals surface area contributed by atoms with E-state index >= 15 is 0 Å². The molecular formula is C33H29ClF3N3O5. The summed E-state index contributed by atoms with van der Waals surface area (Å²) in [7, 11) is 0. The molecule has 0 aromatic heterocycles. The van der Waals surface area contributed by atoms with Gasteiger partial charge in [0.2, 0.25) is 11.8 Å². The number of nitrogens with zero attached hydrogens (tertiary/aromatic N) is 2. The third kappa shape index (κ3) is 6.88. The number of amides is 3. The lowest BCUT2D eigenvalue weighted by atomic mass is 9.87. The van der Waals surface area contributed by atoms with E-state index in [0.29, 0.717) is 11.8 Å². The first kappa shape index (κ1) is 31.8. The van der Waals surface area contributed by atoms with Crippen LogP contribution in [-0.2, 0) is 31.8 Å². The Morgan fingerprint density at radius 1 is 1.02 bits per heavy atom. The number of hydrogen-bond acceptors (Lipinski definition) is 5. The quantitative estimate of drug-likeness (QED) is 0.214. The van der Waals surface area contributed by atoms with Crippen LogP contribution in [0.2, 0.25) is 0 Å². The zero-order valence-electron chi connectivity index (χ0n) is 23.8. The molecule has 0 bridgehead atoms. The van der Waals surface area contributed by atoms with Gasteiger partial charge in [-0.25, -0.2) is 4.79 Å². The number of halogens is 4. The number of cyclic esters (lactones) is 1. The Hall–Kier alpha value is -4.64. The van der Waals surface area contributed by atoms with Crippen LogP contribution in [0, 0.1) is 0 Å². The second kappa shape index (κ2) is 13.6. The van der Waals surface area contributed by atoms with Crippen molar-refractivity contribution in [1.82, 2.24) is 15.1 Å². The van der Waals surface area contributed by atoms with Gasteiger partial charge in [0.05, 0.1) is 17.6 Å². The van der Waals surface area contributed by atoms with E-state index in [1.165, 1.54) is 21.9 Å². The van der Waals surface area contributed by atoms with Crippen LogP contribution >= 0.6 is 11.6 Å². The largest absolute Gasteiger partial charge is 0.447 e. The van der Waals surface area contributed by atoms with Crippen LogP contribution in [0.4, 0.5) is 18.0 Å². The maximum atomic E-state index is 14.0. The van der Waals surface area contributed by atoms with Gasteiger partial charge >= 0.3 is 12.3 Å². The third-order valence-corrected chi connectivity index (χ3v) is 8.14. The molecule has 0 radical (unpaired) electrons. The van der Waals surface area contributed by atoms with Crippen LogP contribution in [0.5, 0.6) is 0 Å². The highest BCUT2D eigenvalue weighted by atomic mass is 35.5. The maximum Gasteiger partial charge on any atom is 0.416 e. The van der Waals surface area contributed by atoms with Crippen molar-refractivity contribution in [3.8, 4) is 0 Å². The molecule has 45 heavy (non-hydrogen) atoms. The molecule has 3 amide bonds. The number of β-lactam (4-membered cyclic amide) rings is 1. The van der Waals surface area contributed by atoms with E-state index in [9.17, 15) is 32.3 Å². The van der Waals surface area contributed by atoms with E-state index in [2.05, 4.69) is 5.32 Å². The summed E-state index contributed by atoms with van der Waals surface area (Å²) in [6, 6.07) is 18.7. The van der Waals surface area contributed by atoms with Crippen molar-refractivity contribution < 1.29 is 37.1 Å². The number of carbonyl (C=O) groups is 4. The van der Waals surface area contributed by atoms with Crippen molar-refractivity contribution >= 4 is 41.9 Å². The Morgan fingerprint density at radius 2 is 1.71 bits per heavy atom. The average Bonchev–Trinajstić information content (AvgIpc) is 3.41. The molecule has 12 heteroatoms. The van der Waals surface area contributed by atoms with Gasteiger partial charge in [0.1, 0.15) is 25.0 Å². The van der Waals surface area contributed by atoms with E-state index in [1.807, 2.05) is 24.3 Å². The van der Waals surface area contributed by atoms with E-state index in [4.69, 9.17) is 16.3 Å². The Labute approximate surface area is 262 Å². The second-order valence-corrected chi connectivity index (χ2v) is 11.1. The average molecular weight is 640 g/mol. The standard InChI is InChI=1S/C33H29ClF3N3O5/c34-25(18-21-9-3-1-4-10-21)28-29(40-27(20-45-32(40)44)23-12-5-2-6-13-23)31(43)39(28)26(15-8-16-41)30(42)38-19-22-11-7-14-24(17-22)33(35,36)37/h1-7,9-14,16-18,26-29H,8,15,19-20H2,(H,38,42)/b25-18-/t26-,27+,28+,29-/m0/s1. The van der Waals surface area contributed by atoms with Crippen molar-refractivity contribution in [2.24, 2.45) is 0 Å². The zero-order chi connectivity index (χ0) is 32.1. The fraction of sp³-hybridized carbons (Fsp3) is 0.273. The van der Waals surface area contributed by atoms with Gasteiger partial charge in [-0.05, 0) is 41.3 Å². The minimum absolute atomic E-state index is 0.00537.